The third-order valence-corrected chi connectivity index (χ3v) is 2.60. The summed E-state index contributed by atoms with van der Waals surface area (Å²) in [6.07, 6.45) is 0.355. The highest BCUT2D eigenvalue weighted by atomic mass is 16.5. The highest BCUT2D eigenvalue weighted by Gasteiger charge is 2.18. The van der Waals surface area contributed by atoms with E-state index in [9.17, 15) is 4.79 Å². The summed E-state index contributed by atoms with van der Waals surface area (Å²) < 4.78 is 10.3. The first-order valence-corrected chi connectivity index (χ1v) is 5.48. The third-order valence-electron chi connectivity index (χ3n) is 2.60. The van der Waals surface area contributed by atoms with Gasteiger partial charge in [-0.05, 0) is 11.6 Å². The number of carbonyl (C=O) groups is 1. The molecule has 100 valence electrons. The van der Waals surface area contributed by atoms with E-state index in [4.69, 9.17) is 21.1 Å². The Bertz CT molecular complexity index is 421. The molecule has 0 aliphatic rings. The molecule has 0 heterocycles. The van der Waals surface area contributed by atoms with Crippen molar-refractivity contribution in [2.45, 2.75) is 12.5 Å². The fourth-order valence-corrected chi connectivity index (χ4v) is 1.61. The first-order chi connectivity index (χ1) is 8.49. The number of methoxy groups -OCH3 is 2. The van der Waals surface area contributed by atoms with Crippen LogP contribution in [0.2, 0.25) is 0 Å². The van der Waals surface area contributed by atoms with Gasteiger partial charge >= 0.3 is 0 Å². The minimum atomic E-state index is -0.692. The quantitative estimate of drug-likeness (QED) is 0.434. The molecule has 1 atom stereocenters. The molecule has 1 aromatic carbocycles. The van der Waals surface area contributed by atoms with Gasteiger partial charge < -0.3 is 15.2 Å². The molecule has 0 fully saturated rings. The standard InChI is InChI=1S/C12H19N3O3/c1-15(14)12(16)10(13)6-8-4-5-9(17-2)7-11(8)18-3/h4-5,7,10H,6,13-14H2,1-3H3. The molecule has 0 aliphatic carbocycles. The number of nitrogens with two attached hydrogens (primary N) is 2. The maximum atomic E-state index is 11.6. The van der Waals surface area contributed by atoms with Gasteiger partial charge in [0.25, 0.3) is 5.91 Å². The van der Waals surface area contributed by atoms with Crippen LogP contribution in [0.3, 0.4) is 0 Å². The zero-order valence-corrected chi connectivity index (χ0v) is 10.8. The molecule has 6 heteroatoms. The fourth-order valence-electron chi connectivity index (χ4n) is 1.61. The van der Waals surface area contributed by atoms with E-state index < -0.39 is 6.04 Å². The number of hydrogen-bond donors (Lipinski definition) is 2. The molecule has 0 aliphatic heterocycles. The Hall–Kier alpha value is -1.79. The Morgan fingerprint density at radius 3 is 2.56 bits per heavy atom. The van der Waals surface area contributed by atoms with Gasteiger partial charge in [-0.25, -0.2) is 5.84 Å². The summed E-state index contributed by atoms with van der Waals surface area (Å²) in [7, 11) is 4.60. The van der Waals surface area contributed by atoms with Gasteiger partial charge in [-0.15, -0.1) is 0 Å². The van der Waals surface area contributed by atoms with E-state index >= 15 is 0 Å². The summed E-state index contributed by atoms with van der Waals surface area (Å²) in [5, 5.41) is 0.987. The summed E-state index contributed by atoms with van der Waals surface area (Å²) in [6, 6.07) is 4.67. The summed E-state index contributed by atoms with van der Waals surface area (Å²) in [6.45, 7) is 0. The number of ether oxygens (including phenoxy) is 2. The second kappa shape index (κ2) is 6.23. The van der Waals surface area contributed by atoms with Gasteiger partial charge in [0, 0.05) is 19.5 Å². The predicted octanol–water partition coefficient (Wildman–Crippen LogP) is -0.0943. The van der Waals surface area contributed by atoms with E-state index in [2.05, 4.69) is 0 Å². The van der Waals surface area contributed by atoms with Crippen LogP contribution in [-0.4, -0.2) is 38.2 Å². The Morgan fingerprint density at radius 2 is 2.06 bits per heavy atom. The van der Waals surface area contributed by atoms with Crippen LogP contribution in [-0.2, 0) is 11.2 Å². The van der Waals surface area contributed by atoms with E-state index in [1.54, 1.807) is 26.4 Å². The molecule has 1 amide bonds. The molecule has 0 radical (unpaired) electrons. The summed E-state index contributed by atoms with van der Waals surface area (Å²) in [4.78, 5) is 11.6. The summed E-state index contributed by atoms with van der Waals surface area (Å²) in [5.74, 6) is 6.36. The summed E-state index contributed by atoms with van der Waals surface area (Å²) >= 11 is 0. The van der Waals surface area contributed by atoms with Crippen LogP contribution < -0.4 is 21.1 Å². The molecule has 0 aromatic heterocycles. The minimum Gasteiger partial charge on any atom is -0.497 e. The molecular weight excluding hydrogens is 234 g/mol. The second-order valence-electron chi connectivity index (χ2n) is 3.94. The molecule has 0 saturated heterocycles. The molecule has 1 aromatic rings. The molecule has 1 unspecified atom stereocenters. The van der Waals surface area contributed by atoms with Gasteiger partial charge in [0.2, 0.25) is 0 Å². The Kier molecular flexibility index (Phi) is 4.94. The maximum absolute atomic E-state index is 11.6. The van der Waals surface area contributed by atoms with Crippen molar-refractivity contribution in [3.8, 4) is 11.5 Å². The number of amides is 1. The largest absolute Gasteiger partial charge is 0.497 e. The van der Waals surface area contributed by atoms with Gasteiger partial charge in [-0.3, -0.25) is 9.80 Å². The van der Waals surface area contributed by atoms with E-state index in [1.807, 2.05) is 6.07 Å². The second-order valence-corrected chi connectivity index (χ2v) is 3.94. The number of carbonyl (C=O) groups excluding carboxylic acids is 1. The number of benzene rings is 1. The molecular formula is C12H19N3O3. The molecule has 18 heavy (non-hydrogen) atoms. The smallest absolute Gasteiger partial charge is 0.253 e. The monoisotopic (exact) mass is 253 g/mol. The van der Waals surface area contributed by atoms with E-state index in [0.717, 1.165) is 10.6 Å². The minimum absolute atomic E-state index is 0.326. The highest BCUT2D eigenvalue weighted by Crippen LogP contribution is 2.25. The van der Waals surface area contributed by atoms with E-state index in [1.165, 1.54) is 7.05 Å². The van der Waals surface area contributed by atoms with Crippen molar-refractivity contribution in [2.75, 3.05) is 21.3 Å². The van der Waals surface area contributed by atoms with Crippen LogP contribution in [0.15, 0.2) is 18.2 Å². The Morgan fingerprint density at radius 1 is 1.39 bits per heavy atom. The fraction of sp³-hybridized carbons (Fsp3) is 0.417. The van der Waals surface area contributed by atoms with Crippen molar-refractivity contribution in [1.82, 2.24) is 5.01 Å². The van der Waals surface area contributed by atoms with Crippen molar-refractivity contribution in [1.29, 1.82) is 0 Å². The van der Waals surface area contributed by atoms with Crippen LogP contribution in [0.25, 0.3) is 0 Å². The maximum Gasteiger partial charge on any atom is 0.253 e. The average Bonchev–Trinajstić information content (AvgIpc) is 2.37. The van der Waals surface area contributed by atoms with Crippen molar-refractivity contribution >= 4 is 5.91 Å². The van der Waals surface area contributed by atoms with Crippen molar-refractivity contribution in [2.24, 2.45) is 11.6 Å². The number of hydrazine groups is 1. The van der Waals surface area contributed by atoms with E-state index in [0.29, 0.717) is 17.9 Å². The van der Waals surface area contributed by atoms with Crippen LogP contribution in [0.5, 0.6) is 11.5 Å². The number of rotatable bonds is 5. The van der Waals surface area contributed by atoms with Gasteiger partial charge in [0.05, 0.1) is 20.3 Å². The molecule has 4 N–H and O–H groups in total. The lowest BCUT2D eigenvalue weighted by Gasteiger charge is -2.17. The predicted molar refractivity (Wildman–Crippen MR) is 68.2 cm³/mol. The SMILES string of the molecule is COc1ccc(CC(N)C(=O)N(C)N)c(OC)c1. The number of hydrogen-bond acceptors (Lipinski definition) is 5. The van der Waals surface area contributed by atoms with Crippen molar-refractivity contribution in [3.63, 3.8) is 0 Å². The topological polar surface area (TPSA) is 90.8 Å². The van der Waals surface area contributed by atoms with E-state index in [-0.39, 0.29) is 5.91 Å². The van der Waals surface area contributed by atoms with Gasteiger partial charge in [-0.1, -0.05) is 6.07 Å². The van der Waals surface area contributed by atoms with Crippen molar-refractivity contribution < 1.29 is 14.3 Å². The van der Waals surface area contributed by atoms with Crippen LogP contribution >= 0.6 is 0 Å². The number of nitrogens with zero attached hydrogens (tertiary/aromatic N) is 1. The van der Waals surface area contributed by atoms with Crippen molar-refractivity contribution in [3.05, 3.63) is 23.8 Å². The Labute approximate surface area is 106 Å². The lowest BCUT2D eigenvalue weighted by atomic mass is 10.0. The highest BCUT2D eigenvalue weighted by molar-refractivity contribution is 5.81. The molecule has 6 nitrogen and oxygen atoms in total. The van der Waals surface area contributed by atoms with Crippen LogP contribution in [0, 0.1) is 0 Å². The molecule has 0 bridgehead atoms. The van der Waals surface area contributed by atoms with Gasteiger partial charge in [0.15, 0.2) is 0 Å². The molecule has 1 rings (SSSR count). The normalized spacial score (nSPS) is 11.8. The zero-order valence-electron chi connectivity index (χ0n) is 10.8. The molecule has 0 spiro atoms. The third kappa shape index (κ3) is 3.35. The first kappa shape index (κ1) is 14.3. The first-order valence-electron chi connectivity index (χ1n) is 5.48. The van der Waals surface area contributed by atoms with Gasteiger partial charge in [0.1, 0.15) is 11.5 Å². The van der Waals surface area contributed by atoms with Gasteiger partial charge in [-0.2, -0.15) is 0 Å². The Balaban J connectivity index is 2.87. The molecule has 0 saturated carbocycles. The zero-order chi connectivity index (χ0) is 13.7. The lowest BCUT2D eigenvalue weighted by Crippen LogP contribution is -2.46. The lowest BCUT2D eigenvalue weighted by molar-refractivity contribution is -0.131. The van der Waals surface area contributed by atoms with Crippen LogP contribution in [0.4, 0.5) is 0 Å². The number of likely N-dealkylation sites (N-methyl/N-ethyl adjacent to an activating group) is 1. The average molecular weight is 253 g/mol. The van der Waals surface area contributed by atoms with Crippen LogP contribution in [0.1, 0.15) is 5.56 Å². The summed E-state index contributed by atoms with van der Waals surface area (Å²) in [5.41, 5.74) is 6.62.